The van der Waals surface area contributed by atoms with E-state index in [-0.39, 0.29) is 0 Å². The molecular formula is C19H26O3. The fraction of sp³-hybridized carbons (Fsp3) is 0.632. The lowest BCUT2D eigenvalue weighted by Crippen LogP contribution is -2.33. The molecule has 0 aromatic heterocycles. The SMILES string of the molecule is CCOCc1cccc(C2CCC3(CCC3)CC2)c1C(=O)O. The van der Waals surface area contributed by atoms with Crippen LogP contribution in [0.1, 0.15) is 79.3 Å². The Hall–Kier alpha value is -1.35. The van der Waals surface area contributed by atoms with E-state index in [1.54, 1.807) is 0 Å². The first-order valence-electron chi connectivity index (χ1n) is 8.58. The Bertz CT molecular complexity index is 536. The first-order valence-corrected chi connectivity index (χ1v) is 8.58. The minimum atomic E-state index is -0.811. The van der Waals surface area contributed by atoms with Crippen molar-refractivity contribution in [3.8, 4) is 0 Å². The van der Waals surface area contributed by atoms with Gasteiger partial charge in [0.15, 0.2) is 0 Å². The molecule has 0 bridgehead atoms. The Labute approximate surface area is 132 Å². The number of benzene rings is 1. The molecule has 1 aromatic rings. The van der Waals surface area contributed by atoms with E-state index in [0.29, 0.717) is 30.1 Å². The normalized spacial score (nSPS) is 20.8. The van der Waals surface area contributed by atoms with Gasteiger partial charge in [-0.2, -0.15) is 0 Å². The number of carbonyl (C=O) groups is 1. The zero-order valence-corrected chi connectivity index (χ0v) is 13.4. The molecule has 3 rings (SSSR count). The molecule has 2 saturated carbocycles. The molecule has 3 heteroatoms. The van der Waals surface area contributed by atoms with Crippen molar-refractivity contribution in [1.29, 1.82) is 0 Å². The molecule has 0 heterocycles. The molecule has 2 fully saturated rings. The Morgan fingerprint density at radius 3 is 2.55 bits per heavy atom. The minimum absolute atomic E-state index is 0.391. The molecule has 0 radical (unpaired) electrons. The average Bonchev–Trinajstić information content (AvgIpc) is 2.51. The summed E-state index contributed by atoms with van der Waals surface area (Å²) in [6.07, 6.45) is 8.97. The Kier molecular flexibility index (Phi) is 4.53. The van der Waals surface area contributed by atoms with Crippen LogP contribution < -0.4 is 0 Å². The summed E-state index contributed by atoms with van der Waals surface area (Å²) in [5.41, 5.74) is 2.95. The summed E-state index contributed by atoms with van der Waals surface area (Å²) in [7, 11) is 0. The third-order valence-corrected chi connectivity index (χ3v) is 5.76. The first kappa shape index (κ1) is 15.5. The lowest BCUT2D eigenvalue weighted by molar-refractivity contribution is 0.0657. The monoisotopic (exact) mass is 302 g/mol. The fourth-order valence-corrected chi connectivity index (χ4v) is 4.27. The van der Waals surface area contributed by atoms with E-state index in [9.17, 15) is 9.90 Å². The zero-order valence-electron chi connectivity index (χ0n) is 13.4. The van der Waals surface area contributed by atoms with Gasteiger partial charge in [-0.3, -0.25) is 0 Å². The molecule has 0 unspecified atom stereocenters. The van der Waals surface area contributed by atoms with Crippen LogP contribution in [0.2, 0.25) is 0 Å². The summed E-state index contributed by atoms with van der Waals surface area (Å²) < 4.78 is 5.45. The number of carboxylic acids is 1. The second kappa shape index (κ2) is 6.41. The van der Waals surface area contributed by atoms with Crippen molar-refractivity contribution in [3.05, 3.63) is 34.9 Å². The topological polar surface area (TPSA) is 46.5 Å². The van der Waals surface area contributed by atoms with Gasteiger partial charge in [0.1, 0.15) is 0 Å². The van der Waals surface area contributed by atoms with Gasteiger partial charge in [0, 0.05) is 6.61 Å². The van der Waals surface area contributed by atoms with Crippen LogP contribution in [-0.2, 0) is 11.3 Å². The van der Waals surface area contributed by atoms with Crippen molar-refractivity contribution in [2.45, 2.75) is 64.4 Å². The van der Waals surface area contributed by atoms with Crippen LogP contribution in [0.3, 0.4) is 0 Å². The summed E-state index contributed by atoms with van der Waals surface area (Å²) in [5, 5.41) is 9.68. The number of rotatable bonds is 5. The van der Waals surface area contributed by atoms with E-state index in [2.05, 4.69) is 0 Å². The zero-order chi connectivity index (χ0) is 15.6. The Morgan fingerprint density at radius 2 is 2.00 bits per heavy atom. The third kappa shape index (κ3) is 2.91. The molecule has 0 amide bonds. The average molecular weight is 302 g/mol. The highest BCUT2D eigenvalue weighted by Gasteiger charge is 2.40. The molecule has 22 heavy (non-hydrogen) atoms. The minimum Gasteiger partial charge on any atom is -0.478 e. The van der Waals surface area contributed by atoms with Crippen molar-refractivity contribution in [3.63, 3.8) is 0 Å². The van der Waals surface area contributed by atoms with E-state index < -0.39 is 5.97 Å². The van der Waals surface area contributed by atoms with Crippen molar-refractivity contribution < 1.29 is 14.6 Å². The van der Waals surface area contributed by atoms with E-state index in [0.717, 1.165) is 24.0 Å². The van der Waals surface area contributed by atoms with Gasteiger partial charge >= 0.3 is 5.97 Å². The highest BCUT2D eigenvalue weighted by molar-refractivity contribution is 5.91. The molecule has 120 valence electrons. The summed E-state index contributed by atoms with van der Waals surface area (Å²) in [6.45, 7) is 2.93. The van der Waals surface area contributed by atoms with Crippen LogP contribution in [0, 0.1) is 5.41 Å². The van der Waals surface area contributed by atoms with Crippen molar-refractivity contribution in [2.75, 3.05) is 6.61 Å². The largest absolute Gasteiger partial charge is 0.478 e. The standard InChI is InChI=1S/C19H26O3/c1-2-22-13-15-5-3-6-16(17(15)18(20)21)14-7-11-19(12-8-14)9-4-10-19/h3,5-6,14H,2,4,7-13H2,1H3,(H,20,21). The van der Waals surface area contributed by atoms with Gasteiger partial charge < -0.3 is 9.84 Å². The summed E-state index contributed by atoms with van der Waals surface area (Å²) >= 11 is 0. The van der Waals surface area contributed by atoms with Gasteiger partial charge in [0.05, 0.1) is 12.2 Å². The molecule has 0 atom stereocenters. The third-order valence-electron chi connectivity index (χ3n) is 5.76. The van der Waals surface area contributed by atoms with Crippen molar-refractivity contribution in [1.82, 2.24) is 0 Å². The van der Waals surface area contributed by atoms with Gasteiger partial charge in [-0.05, 0) is 67.9 Å². The maximum absolute atomic E-state index is 11.8. The number of ether oxygens (including phenoxy) is 1. The van der Waals surface area contributed by atoms with Crippen LogP contribution in [0.4, 0.5) is 0 Å². The second-order valence-corrected chi connectivity index (χ2v) is 6.95. The molecule has 1 spiro atoms. The summed E-state index contributed by atoms with van der Waals surface area (Å²) in [6, 6.07) is 5.89. The Balaban J connectivity index is 1.82. The van der Waals surface area contributed by atoms with Crippen molar-refractivity contribution in [2.24, 2.45) is 5.41 Å². The maximum Gasteiger partial charge on any atom is 0.336 e. The van der Waals surface area contributed by atoms with E-state index in [4.69, 9.17) is 4.74 Å². The molecule has 0 aliphatic heterocycles. The van der Waals surface area contributed by atoms with E-state index >= 15 is 0 Å². The lowest BCUT2D eigenvalue weighted by atomic mass is 9.58. The highest BCUT2D eigenvalue weighted by atomic mass is 16.5. The smallest absolute Gasteiger partial charge is 0.336 e. The second-order valence-electron chi connectivity index (χ2n) is 6.95. The van der Waals surface area contributed by atoms with Crippen LogP contribution in [0.25, 0.3) is 0 Å². The number of aromatic carboxylic acids is 1. The van der Waals surface area contributed by atoms with Gasteiger partial charge in [-0.1, -0.05) is 24.6 Å². The number of hydrogen-bond donors (Lipinski definition) is 1. The predicted octanol–water partition coefficient (Wildman–Crippen LogP) is 4.75. The Morgan fingerprint density at radius 1 is 1.27 bits per heavy atom. The quantitative estimate of drug-likeness (QED) is 0.853. The molecule has 2 aliphatic rings. The fourth-order valence-electron chi connectivity index (χ4n) is 4.27. The molecule has 2 aliphatic carbocycles. The number of carboxylic acid groups (broad SMARTS) is 1. The maximum atomic E-state index is 11.8. The van der Waals surface area contributed by atoms with E-state index in [1.807, 2.05) is 25.1 Å². The van der Waals surface area contributed by atoms with Crippen LogP contribution >= 0.6 is 0 Å². The van der Waals surface area contributed by atoms with Gasteiger partial charge in [0.2, 0.25) is 0 Å². The van der Waals surface area contributed by atoms with Crippen molar-refractivity contribution >= 4 is 5.97 Å². The first-order chi connectivity index (χ1) is 10.7. The van der Waals surface area contributed by atoms with Crippen LogP contribution in [-0.4, -0.2) is 17.7 Å². The lowest BCUT2D eigenvalue weighted by Gasteiger charge is -2.47. The van der Waals surface area contributed by atoms with Gasteiger partial charge in [-0.15, -0.1) is 0 Å². The molecule has 3 nitrogen and oxygen atoms in total. The highest BCUT2D eigenvalue weighted by Crippen LogP contribution is 2.54. The predicted molar refractivity (Wildman–Crippen MR) is 86.2 cm³/mol. The van der Waals surface area contributed by atoms with Crippen LogP contribution in [0.5, 0.6) is 0 Å². The molecule has 1 N–H and O–H groups in total. The molecule has 1 aromatic carbocycles. The summed E-state index contributed by atoms with van der Waals surface area (Å²) in [4.78, 5) is 11.8. The van der Waals surface area contributed by atoms with E-state index in [1.165, 1.54) is 32.1 Å². The van der Waals surface area contributed by atoms with Crippen LogP contribution in [0.15, 0.2) is 18.2 Å². The van der Waals surface area contributed by atoms with Gasteiger partial charge in [0.25, 0.3) is 0 Å². The van der Waals surface area contributed by atoms with Gasteiger partial charge in [-0.25, -0.2) is 4.79 Å². The molecule has 0 saturated heterocycles. The molecular weight excluding hydrogens is 276 g/mol. The summed E-state index contributed by atoms with van der Waals surface area (Å²) in [5.74, 6) is -0.409. The number of hydrogen-bond acceptors (Lipinski definition) is 2.